The Morgan fingerprint density at radius 2 is 2.04 bits per heavy atom. The lowest BCUT2D eigenvalue weighted by atomic mass is 9.65. The standard InChI is InChI=1S/C18H22N4O/c23-18-7-13(11-2-1-3-15-12(11)4-5-19-15)14-6-10-9-20-22-16(10)8-17(14)21-18/h1-5,10,13-14,16-17,19-20,22H,6-9H2,(H,21,23). The topological polar surface area (TPSA) is 69.0 Å². The van der Waals surface area contributed by atoms with Crippen LogP contribution in [-0.2, 0) is 4.79 Å². The molecule has 1 aromatic carbocycles. The van der Waals surface area contributed by atoms with Crippen LogP contribution in [0.5, 0.6) is 0 Å². The van der Waals surface area contributed by atoms with Crippen molar-refractivity contribution in [2.75, 3.05) is 6.54 Å². The van der Waals surface area contributed by atoms with Gasteiger partial charge in [-0.05, 0) is 48.3 Å². The summed E-state index contributed by atoms with van der Waals surface area (Å²) >= 11 is 0. The van der Waals surface area contributed by atoms with Crippen LogP contribution in [0.4, 0.5) is 0 Å². The summed E-state index contributed by atoms with van der Waals surface area (Å²) in [6.07, 6.45) is 4.83. The Kier molecular flexibility index (Phi) is 3.00. The van der Waals surface area contributed by atoms with E-state index < -0.39 is 0 Å². The summed E-state index contributed by atoms with van der Waals surface area (Å²) in [4.78, 5) is 15.6. The van der Waals surface area contributed by atoms with Gasteiger partial charge in [0.15, 0.2) is 0 Å². The molecule has 5 atom stereocenters. The summed E-state index contributed by atoms with van der Waals surface area (Å²) in [5, 5.41) is 4.53. The number of H-pyrrole nitrogens is 1. The van der Waals surface area contributed by atoms with Crippen molar-refractivity contribution < 1.29 is 4.79 Å². The van der Waals surface area contributed by atoms with Crippen molar-refractivity contribution in [3.63, 3.8) is 0 Å². The monoisotopic (exact) mass is 310 g/mol. The van der Waals surface area contributed by atoms with Crippen LogP contribution in [-0.4, -0.2) is 29.5 Å². The van der Waals surface area contributed by atoms with E-state index in [1.165, 1.54) is 22.9 Å². The molecule has 3 heterocycles. The molecular weight excluding hydrogens is 288 g/mol. The predicted octanol–water partition coefficient (Wildman–Crippen LogP) is 1.64. The highest BCUT2D eigenvalue weighted by Gasteiger charge is 2.46. The minimum absolute atomic E-state index is 0.202. The average Bonchev–Trinajstić information content (AvgIpc) is 3.20. The highest BCUT2D eigenvalue weighted by Crippen LogP contribution is 2.45. The number of aromatic amines is 1. The van der Waals surface area contributed by atoms with Crippen molar-refractivity contribution in [1.29, 1.82) is 0 Å². The molecule has 2 aromatic rings. The average molecular weight is 310 g/mol. The zero-order chi connectivity index (χ0) is 15.4. The fraction of sp³-hybridized carbons (Fsp3) is 0.500. The lowest BCUT2D eigenvalue weighted by Crippen LogP contribution is -2.55. The summed E-state index contributed by atoms with van der Waals surface area (Å²) in [6.45, 7) is 1.04. The number of aromatic nitrogens is 1. The highest BCUT2D eigenvalue weighted by molar-refractivity contribution is 5.85. The van der Waals surface area contributed by atoms with E-state index in [1.807, 2.05) is 6.20 Å². The third kappa shape index (κ3) is 2.11. The Morgan fingerprint density at radius 3 is 3.00 bits per heavy atom. The van der Waals surface area contributed by atoms with Gasteiger partial charge in [-0.25, -0.2) is 0 Å². The first kappa shape index (κ1) is 13.6. The predicted molar refractivity (Wildman–Crippen MR) is 88.7 cm³/mol. The number of fused-ring (bicyclic) bond motifs is 3. The smallest absolute Gasteiger partial charge is 0.220 e. The summed E-state index contributed by atoms with van der Waals surface area (Å²) in [5.41, 5.74) is 9.19. The molecule has 5 rings (SSSR count). The van der Waals surface area contributed by atoms with Crippen molar-refractivity contribution in [3.8, 4) is 0 Å². The Bertz CT molecular complexity index is 754. The van der Waals surface area contributed by atoms with Crippen LogP contribution in [0.3, 0.4) is 0 Å². The number of carbonyl (C=O) groups excluding carboxylic acids is 1. The van der Waals surface area contributed by atoms with Gasteiger partial charge in [-0.1, -0.05) is 12.1 Å². The van der Waals surface area contributed by atoms with E-state index >= 15 is 0 Å². The van der Waals surface area contributed by atoms with E-state index in [-0.39, 0.29) is 5.91 Å². The van der Waals surface area contributed by atoms with E-state index in [9.17, 15) is 4.79 Å². The molecule has 0 radical (unpaired) electrons. The number of rotatable bonds is 1. The van der Waals surface area contributed by atoms with Gasteiger partial charge < -0.3 is 10.3 Å². The molecule has 23 heavy (non-hydrogen) atoms. The molecule has 2 saturated heterocycles. The van der Waals surface area contributed by atoms with Gasteiger partial charge in [0.05, 0.1) is 0 Å². The van der Waals surface area contributed by atoms with Gasteiger partial charge in [-0.15, -0.1) is 0 Å². The molecule has 3 fully saturated rings. The molecule has 0 spiro atoms. The number of hydrogen-bond acceptors (Lipinski definition) is 3. The molecule has 5 unspecified atom stereocenters. The first-order valence-electron chi connectivity index (χ1n) is 8.63. The third-order valence-corrected chi connectivity index (χ3v) is 6.12. The summed E-state index contributed by atoms with van der Waals surface area (Å²) in [7, 11) is 0. The van der Waals surface area contributed by atoms with Gasteiger partial charge in [0.2, 0.25) is 5.91 Å². The molecule has 1 aromatic heterocycles. The van der Waals surface area contributed by atoms with Crippen molar-refractivity contribution >= 4 is 16.8 Å². The summed E-state index contributed by atoms with van der Waals surface area (Å²) in [6, 6.07) is 9.38. The fourth-order valence-corrected chi connectivity index (χ4v) is 5.04. The zero-order valence-corrected chi connectivity index (χ0v) is 13.0. The maximum Gasteiger partial charge on any atom is 0.220 e. The van der Waals surface area contributed by atoms with Gasteiger partial charge in [-0.3, -0.25) is 15.6 Å². The Labute approximate surface area is 135 Å². The highest BCUT2D eigenvalue weighted by atomic mass is 16.1. The van der Waals surface area contributed by atoms with Crippen LogP contribution in [0.1, 0.15) is 30.7 Å². The lowest BCUT2D eigenvalue weighted by Gasteiger charge is -2.45. The summed E-state index contributed by atoms with van der Waals surface area (Å²) < 4.78 is 0. The summed E-state index contributed by atoms with van der Waals surface area (Å²) in [5.74, 6) is 1.75. The molecule has 0 bridgehead atoms. The molecule has 4 N–H and O–H groups in total. The molecule has 5 nitrogen and oxygen atoms in total. The van der Waals surface area contributed by atoms with Crippen LogP contribution >= 0.6 is 0 Å². The van der Waals surface area contributed by atoms with Crippen LogP contribution in [0.2, 0.25) is 0 Å². The number of carbonyl (C=O) groups is 1. The molecule has 1 amide bonds. The molecule has 2 aliphatic heterocycles. The third-order valence-electron chi connectivity index (χ3n) is 6.12. The number of piperidine rings is 1. The molecular formula is C18H22N4O. The number of hydrazine groups is 1. The van der Waals surface area contributed by atoms with E-state index in [0.717, 1.165) is 13.0 Å². The van der Waals surface area contributed by atoms with E-state index in [1.54, 1.807) is 0 Å². The van der Waals surface area contributed by atoms with Gasteiger partial charge in [0.1, 0.15) is 0 Å². The van der Waals surface area contributed by atoms with Crippen LogP contribution in [0.25, 0.3) is 10.9 Å². The fourth-order valence-electron chi connectivity index (χ4n) is 5.04. The van der Waals surface area contributed by atoms with E-state index in [2.05, 4.69) is 45.4 Å². The van der Waals surface area contributed by atoms with Gasteiger partial charge in [0, 0.05) is 42.1 Å². The van der Waals surface area contributed by atoms with Crippen molar-refractivity contribution in [2.45, 2.75) is 37.3 Å². The van der Waals surface area contributed by atoms with E-state index in [4.69, 9.17) is 0 Å². The van der Waals surface area contributed by atoms with Crippen molar-refractivity contribution in [1.82, 2.24) is 21.2 Å². The van der Waals surface area contributed by atoms with E-state index in [0.29, 0.717) is 36.3 Å². The molecule has 1 saturated carbocycles. The first-order chi connectivity index (χ1) is 11.3. The van der Waals surface area contributed by atoms with Crippen LogP contribution in [0, 0.1) is 11.8 Å². The van der Waals surface area contributed by atoms with Crippen molar-refractivity contribution in [2.24, 2.45) is 11.8 Å². The van der Waals surface area contributed by atoms with Gasteiger partial charge in [-0.2, -0.15) is 0 Å². The molecule has 120 valence electrons. The van der Waals surface area contributed by atoms with Crippen LogP contribution in [0.15, 0.2) is 30.5 Å². The molecule has 3 aliphatic rings. The number of hydrogen-bond donors (Lipinski definition) is 4. The second-order valence-corrected chi connectivity index (χ2v) is 7.30. The second kappa shape index (κ2) is 5.08. The van der Waals surface area contributed by atoms with Gasteiger partial charge >= 0.3 is 0 Å². The second-order valence-electron chi connectivity index (χ2n) is 7.30. The van der Waals surface area contributed by atoms with Gasteiger partial charge in [0.25, 0.3) is 0 Å². The van der Waals surface area contributed by atoms with Crippen LogP contribution < -0.4 is 16.2 Å². The largest absolute Gasteiger partial charge is 0.361 e. The molecule has 1 aliphatic carbocycles. The minimum atomic E-state index is 0.202. The van der Waals surface area contributed by atoms with Crippen molar-refractivity contribution in [3.05, 3.63) is 36.0 Å². The maximum absolute atomic E-state index is 12.3. The first-order valence-corrected chi connectivity index (χ1v) is 8.63. The minimum Gasteiger partial charge on any atom is -0.361 e. The number of benzene rings is 1. The normalized spacial score (nSPS) is 36.5. The SMILES string of the molecule is O=C1CC(c2cccc3[nH]ccc23)C2CC3CNNC3CC2N1. The number of nitrogens with one attached hydrogen (secondary N) is 4. The Balaban J connectivity index is 1.55. The quantitative estimate of drug-likeness (QED) is 0.647. The molecule has 5 heteroatoms. The number of amides is 1. The lowest BCUT2D eigenvalue weighted by molar-refractivity contribution is -0.126. The maximum atomic E-state index is 12.3. The Morgan fingerprint density at radius 1 is 1.09 bits per heavy atom. The zero-order valence-electron chi connectivity index (χ0n) is 13.0. The Hall–Kier alpha value is -1.85.